The van der Waals surface area contributed by atoms with Gasteiger partial charge in [0, 0.05) is 4.88 Å². The monoisotopic (exact) mass is 402 g/mol. The fraction of sp³-hybridized carbons (Fsp3) is 0.250. The number of hydrogen-bond donors (Lipinski definition) is 1. The Morgan fingerprint density at radius 1 is 1.07 bits per heavy atom. The largest absolute Gasteiger partial charge is 0.481 e. The molecule has 0 fully saturated rings. The van der Waals surface area contributed by atoms with Gasteiger partial charge in [-0.15, -0.1) is 11.3 Å². The molecule has 5 heteroatoms. The maximum atomic E-state index is 12.6. The van der Waals surface area contributed by atoms with E-state index in [1.54, 1.807) is 6.92 Å². The lowest BCUT2D eigenvalue weighted by atomic mass is 9.96. The van der Waals surface area contributed by atoms with Crippen molar-refractivity contribution in [2.24, 2.45) is 0 Å². The average molecular weight is 403 g/mol. The highest BCUT2D eigenvalue weighted by atomic mass is 32.1. The van der Waals surface area contributed by atoms with E-state index >= 15 is 0 Å². The van der Waals surface area contributed by atoms with Gasteiger partial charge in [0.05, 0.1) is 5.56 Å². The number of hydrogen-bond acceptors (Lipinski definition) is 4. The number of amides is 1. The third kappa shape index (κ3) is 4.18. The summed E-state index contributed by atoms with van der Waals surface area (Å²) in [7, 11) is 0. The Morgan fingerprint density at radius 3 is 2.48 bits per heavy atom. The minimum Gasteiger partial charge on any atom is -0.481 e. The quantitative estimate of drug-likeness (QED) is 0.607. The van der Waals surface area contributed by atoms with Crippen LogP contribution in [-0.2, 0) is 17.6 Å². The van der Waals surface area contributed by atoms with E-state index in [1.807, 2.05) is 42.5 Å². The normalized spacial score (nSPS) is 13.8. The lowest BCUT2D eigenvalue weighted by Gasteiger charge is -2.14. The number of carbonyl (C=O) groups excluding carboxylic acids is 1. The van der Waals surface area contributed by atoms with Crippen molar-refractivity contribution >= 4 is 22.2 Å². The molecule has 1 aromatic heterocycles. The maximum absolute atomic E-state index is 12.6. The smallest absolute Gasteiger partial charge is 0.265 e. The van der Waals surface area contributed by atoms with Crippen molar-refractivity contribution < 1.29 is 9.53 Å². The summed E-state index contributed by atoms with van der Waals surface area (Å²) in [4.78, 5) is 13.9. The summed E-state index contributed by atoms with van der Waals surface area (Å²) in [5.74, 6) is 0.394. The van der Waals surface area contributed by atoms with Crippen LogP contribution >= 0.6 is 11.3 Å². The highest BCUT2D eigenvalue weighted by Gasteiger charge is 2.23. The predicted octanol–water partition coefficient (Wildman–Crippen LogP) is 5.57. The van der Waals surface area contributed by atoms with Crippen LogP contribution in [0.1, 0.15) is 35.8 Å². The third-order valence-corrected chi connectivity index (χ3v) is 6.37. The van der Waals surface area contributed by atoms with E-state index in [4.69, 9.17) is 4.74 Å². The van der Waals surface area contributed by atoms with Crippen LogP contribution in [0.3, 0.4) is 0 Å². The Morgan fingerprint density at radius 2 is 1.76 bits per heavy atom. The van der Waals surface area contributed by atoms with Crippen LogP contribution in [0.4, 0.5) is 5.00 Å². The number of fused-ring (bicyclic) bond motifs is 1. The molecule has 0 saturated carbocycles. The van der Waals surface area contributed by atoms with E-state index in [1.165, 1.54) is 16.2 Å². The van der Waals surface area contributed by atoms with Gasteiger partial charge in [-0.2, -0.15) is 5.26 Å². The van der Waals surface area contributed by atoms with Crippen molar-refractivity contribution in [1.29, 1.82) is 5.26 Å². The van der Waals surface area contributed by atoms with E-state index in [0.29, 0.717) is 16.3 Å². The fourth-order valence-corrected chi connectivity index (χ4v) is 4.84. The third-order valence-electron chi connectivity index (χ3n) is 5.16. The van der Waals surface area contributed by atoms with E-state index in [2.05, 4.69) is 23.5 Å². The first kappa shape index (κ1) is 19.2. The van der Waals surface area contributed by atoms with Crippen LogP contribution in [0.5, 0.6) is 5.75 Å². The topological polar surface area (TPSA) is 62.1 Å². The summed E-state index contributed by atoms with van der Waals surface area (Å²) in [6.45, 7) is 1.72. The lowest BCUT2D eigenvalue weighted by molar-refractivity contribution is -0.122. The highest BCUT2D eigenvalue weighted by molar-refractivity contribution is 7.16. The van der Waals surface area contributed by atoms with E-state index in [0.717, 1.165) is 42.4 Å². The van der Waals surface area contributed by atoms with Crippen LogP contribution in [0.2, 0.25) is 0 Å². The minimum atomic E-state index is -0.664. The van der Waals surface area contributed by atoms with E-state index in [-0.39, 0.29) is 5.91 Å². The number of ether oxygens (including phenoxy) is 1. The molecule has 0 bridgehead atoms. The molecule has 146 valence electrons. The molecule has 1 unspecified atom stereocenters. The molecule has 3 aromatic rings. The molecule has 29 heavy (non-hydrogen) atoms. The standard InChI is InChI=1S/C24H22N2O2S/c1-16(28-19-13-11-18(12-14-19)17-7-3-2-4-8-17)23(27)26-24-21(15-25)20-9-5-6-10-22(20)29-24/h2-4,7-8,11-14,16H,5-6,9-10H2,1H3,(H,26,27). The van der Waals surface area contributed by atoms with Gasteiger partial charge in [-0.3, -0.25) is 4.79 Å². The van der Waals surface area contributed by atoms with E-state index in [9.17, 15) is 10.1 Å². The molecular weight excluding hydrogens is 380 g/mol. The van der Waals surface area contributed by atoms with Gasteiger partial charge < -0.3 is 10.1 Å². The van der Waals surface area contributed by atoms with E-state index < -0.39 is 6.10 Å². The zero-order valence-electron chi connectivity index (χ0n) is 16.3. The Hall–Kier alpha value is -3.10. The molecule has 0 saturated heterocycles. The number of nitriles is 1. The Labute approximate surface area is 174 Å². The maximum Gasteiger partial charge on any atom is 0.265 e. The lowest BCUT2D eigenvalue weighted by Crippen LogP contribution is -2.30. The van der Waals surface area contributed by atoms with Crippen molar-refractivity contribution in [2.45, 2.75) is 38.7 Å². The number of thiophene rings is 1. The first-order valence-electron chi connectivity index (χ1n) is 9.83. The molecule has 0 spiro atoms. The molecule has 1 atom stereocenters. The number of nitrogens with zero attached hydrogens (tertiary/aromatic N) is 1. The summed E-state index contributed by atoms with van der Waals surface area (Å²) in [5.41, 5.74) is 3.97. The number of aryl methyl sites for hydroxylation is 1. The average Bonchev–Trinajstić information content (AvgIpc) is 3.11. The second-order valence-electron chi connectivity index (χ2n) is 7.17. The molecule has 0 radical (unpaired) electrons. The molecule has 1 aliphatic carbocycles. The Kier molecular flexibility index (Phi) is 5.64. The van der Waals surface area contributed by atoms with Crippen LogP contribution < -0.4 is 10.1 Å². The molecule has 1 N–H and O–H groups in total. The van der Waals surface area contributed by atoms with Crippen molar-refractivity contribution in [3.63, 3.8) is 0 Å². The van der Waals surface area contributed by atoms with Crippen LogP contribution in [0, 0.1) is 11.3 Å². The van der Waals surface area contributed by atoms with Gasteiger partial charge in [-0.25, -0.2) is 0 Å². The summed E-state index contributed by atoms with van der Waals surface area (Å²) in [6.07, 6.45) is 3.49. The fourth-order valence-electron chi connectivity index (χ4n) is 3.60. The molecule has 4 nitrogen and oxygen atoms in total. The summed E-state index contributed by atoms with van der Waals surface area (Å²) < 4.78 is 5.82. The van der Waals surface area contributed by atoms with Gasteiger partial charge in [-0.1, -0.05) is 42.5 Å². The highest BCUT2D eigenvalue weighted by Crippen LogP contribution is 2.37. The molecule has 1 heterocycles. The SMILES string of the molecule is CC(Oc1ccc(-c2ccccc2)cc1)C(=O)Nc1sc2c(c1C#N)CCCC2. The molecular formula is C24H22N2O2S. The van der Waals surface area contributed by atoms with Crippen molar-refractivity contribution in [3.8, 4) is 22.9 Å². The minimum absolute atomic E-state index is 0.243. The van der Waals surface area contributed by atoms with Gasteiger partial charge >= 0.3 is 0 Å². The molecule has 4 rings (SSSR count). The Bertz CT molecular complexity index is 1050. The molecule has 1 amide bonds. The van der Waals surface area contributed by atoms with Gasteiger partial charge in [0.2, 0.25) is 0 Å². The molecule has 0 aliphatic heterocycles. The number of carbonyl (C=O) groups is 1. The van der Waals surface area contributed by atoms with Crippen molar-refractivity contribution in [2.75, 3.05) is 5.32 Å². The zero-order valence-corrected chi connectivity index (χ0v) is 17.1. The van der Waals surface area contributed by atoms with Gasteiger partial charge in [0.1, 0.15) is 16.8 Å². The number of anilines is 1. The Balaban J connectivity index is 1.43. The number of benzene rings is 2. The first-order valence-corrected chi connectivity index (χ1v) is 10.6. The zero-order chi connectivity index (χ0) is 20.2. The number of nitrogens with one attached hydrogen (secondary N) is 1. The van der Waals surface area contributed by atoms with Gasteiger partial charge in [-0.05, 0) is 61.4 Å². The number of rotatable bonds is 5. The molecule has 1 aliphatic rings. The van der Waals surface area contributed by atoms with Gasteiger partial charge in [0.15, 0.2) is 6.10 Å². The second-order valence-corrected chi connectivity index (χ2v) is 8.27. The van der Waals surface area contributed by atoms with Crippen LogP contribution in [-0.4, -0.2) is 12.0 Å². The van der Waals surface area contributed by atoms with Crippen molar-refractivity contribution in [1.82, 2.24) is 0 Å². The van der Waals surface area contributed by atoms with Crippen LogP contribution in [0.25, 0.3) is 11.1 Å². The molecule has 2 aromatic carbocycles. The predicted molar refractivity (Wildman–Crippen MR) is 116 cm³/mol. The van der Waals surface area contributed by atoms with Gasteiger partial charge in [0.25, 0.3) is 5.91 Å². The van der Waals surface area contributed by atoms with Crippen LogP contribution in [0.15, 0.2) is 54.6 Å². The van der Waals surface area contributed by atoms with Crippen molar-refractivity contribution in [3.05, 3.63) is 70.6 Å². The summed E-state index contributed by atoms with van der Waals surface area (Å²) >= 11 is 1.53. The summed E-state index contributed by atoms with van der Waals surface area (Å²) in [6, 6.07) is 20.1. The first-order chi connectivity index (χ1) is 14.2. The second kappa shape index (κ2) is 8.50. The summed E-state index contributed by atoms with van der Waals surface area (Å²) in [5, 5.41) is 13.1.